The second-order valence-corrected chi connectivity index (χ2v) is 5.97. The van der Waals surface area contributed by atoms with Gasteiger partial charge >= 0.3 is 0 Å². The minimum atomic E-state index is -0.463. The quantitative estimate of drug-likeness (QED) is 0.641. The first-order valence-corrected chi connectivity index (χ1v) is 8.78. The second-order valence-electron chi connectivity index (χ2n) is 5.97. The molecule has 0 aliphatic heterocycles. The summed E-state index contributed by atoms with van der Waals surface area (Å²) in [6.07, 6.45) is 3.33. The molecule has 8 heteroatoms. The maximum atomic E-state index is 12.6. The first-order chi connectivity index (χ1) is 14.1. The molecule has 29 heavy (non-hydrogen) atoms. The number of ether oxygens (including phenoxy) is 2. The number of benzene rings is 1. The van der Waals surface area contributed by atoms with E-state index in [0.717, 1.165) is 5.56 Å². The Hall–Kier alpha value is -3.94. The van der Waals surface area contributed by atoms with E-state index in [2.05, 4.69) is 20.6 Å². The first-order valence-electron chi connectivity index (χ1n) is 8.78. The smallest absolute Gasteiger partial charge is 0.274 e. The van der Waals surface area contributed by atoms with Crippen molar-refractivity contribution in [2.45, 2.75) is 6.54 Å². The molecule has 2 N–H and O–H groups in total. The number of carbonyl (C=O) groups is 2. The van der Waals surface area contributed by atoms with Gasteiger partial charge in [0.2, 0.25) is 0 Å². The summed E-state index contributed by atoms with van der Waals surface area (Å²) < 4.78 is 10.4. The van der Waals surface area contributed by atoms with Gasteiger partial charge in [-0.25, -0.2) is 4.98 Å². The molecule has 0 aliphatic rings. The molecular formula is C21H20N4O4. The third-order valence-electron chi connectivity index (χ3n) is 4.05. The highest BCUT2D eigenvalue weighted by atomic mass is 16.5. The molecule has 8 nitrogen and oxygen atoms in total. The monoisotopic (exact) mass is 392 g/mol. The van der Waals surface area contributed by atoms with Crippen LogP contribution in [-0.2, 0) is 6.54 Å². The van der Waals surface area contributed by atoms with E-state index in [1.807, 2.05) is 6.07 Å². The van der Waals surface area contributed by atoms with Crippen molar-refractivity contribution >= 4 is 17.5 Å². The van der Waals surface area contributed by atoms with Crippen LogP contribution in [0.2, 0.25) is 0 Å². The Labute approximate surface area is 167 Å². The topological polar surface area (TPSA) is 102 Å². The molecule has 0 saturated heterocycles. The molecule has 1 aromatic carbocycles. The molecule has 0 saturated carbocycles. The summed E-state index contributed by atoms with van der Waals surface area (Å²) in [6.45, 7) is 0.313. The largest absolute Gasteiger partial charge is 0.497 e. The van der Waals surface area contributed by atoms with Crippen molar-refractivity contribution in [2.75, 3.05) is 19.5 Å². The number of carbonyl (C=O) groups excluding carboxylic acids is 2. The summed E-state index contributed by atoms with van der Waals surface area (Å²) in [5.74, 6) is 0.203. The van der Waals surface area contributed by atoms with Gasteiger partial charge in [0.05, 0.1) is 19.9 Å². The minimum Gasteiger partial charge on any atom is -0.497 e. The molecule has 3 rings (SSSR count). The minimum absolute atomic E-state index is 0.108. The van der Waals surface area contributed by atoms with Gasteiger partial charge in [0, 0.05) is 25.0 Å². The number of nitrogens with one attached hydrogen (secondary N) is 2. The number of methoxy groups -OCH3 is 2. The number of hydrogen-bond donors (Lipinski definition) is 2. The van der Waals surface area contributed by atoms with Crippen molar-refractivity contribution in [1.29, 1.82) is 0 Å². The first kappa shape index (κ1) is 19.8. The summed E-state index contributed by atoms with van der Waals surface area (Å²) >= 11 is 0. The van der Waals surface area contributed by atoms with E-state index in [1.165, 1.54) is 13.2 Å². The molecule has 0 radical (unpaired) electrons. The van der Waals surface area contributed by atoms with Gasteiger partial charge in [-0.05, 0) is 35.9 Å². The molecule has 0 unspecified atom stereocenters. The maximum Gasteiger partial charge on any atom is 0.274 e. The number of nitrogens with zero attached hydrogens (tertiary/aromatic N) is 2. The lowest BCUT2D eigenvalue weighted by atomic mass is 10.2. The van der Waals surface area contributed by atoms with Crippen LogP contribution in [0.25, 0.3) is 0 Å². The number of pyridine rings is 2. The molecule has 2 aromatic heterocycles. The fraction of sp³-hybridized carbons (Fsp3) is 0.143. The summed E-state index contributed by atoms with van der Waals surface area (Å²) in [5.41, 5.74) is 1.58. The third kappa shape index (κ3) is 5.07. The van der Waals surface area contributed by atoms with Gasteiger partial charge in [-0.1, -0.05) is 12.1 Å². The van der Waals surface area contributed by atoms with E-state index in [4.69, 9.17) is 9.47 Å². The zero-order valence-corrected chi connectivity index (χ0v) is 16.0. The van der Waals surface area contributed by atoms with Crippen LogP contribution in [0.5, 0.6) is 11.5 Å². The summed E-state index contributed by atoms with van der Waals surface area (Å²) in [6, 6.07) is 13.4. The van der Waals surface area contributed by atoms with Gasteiger partial charge in [-0.15, -0.1) is 0 Å². The zero-order valence-electron chi connectivity index (χ0n) is 16.0. The van der Waals surface area contributed by atoms with Gasteiger partial charge in [0.15, 0.2) is 0 Å². The average molecular weight is 392 g/mol. The van der Waals surface area contributed by atoms with E-state index in [9.17, 15) is 9.59 Å². The van der Waals surface area contributed by atoms with Gasteiger partial charge in [0.1, 0.15) is 22.9 Å². The summed E-state index contributed by atoms with van der Waals surface area (Å²) in [7, 11) is 3.04. The Morgan fingerprint density at radius 2 is 1.76 bits per heavy atom. The lowest BCUT2D eigenvalue weighted by molar-refractivity contribution is 0.0945. The van der Waals surface area contributed by atoms with Crippen LogP contribution >= 0.6 is 0 Å². The van der Waals surface area contributed by atoms with Gasteiger partial charge < -0.3 is 20.1 Å². The highest BCUT2D eigenvalue weighted by Crippen LogP contribution is 2.29. The molecule has 3 aromatic rings. The Morgan fingerprint density at radius 1 is 0.966 bits per heavy atom. The van der Waals surface area contributed by atoms with Crippen LogP contribution in [0.15, 0.2) is 60.9 Å². The van der Waals surface area contributed by atoms with Crippen molar-refractivity contribution in [3.8, 4) is 11.5 Å². The van der Waals surface area contributed by atoms with Crippen LogP contribution in [0, 0.1) is 0 Å². The van der Waals surface area contributed by atoms with E-state index in [-0.39, 0.29) is 17.3 Å². The zero-order chi connectivity index (χ0) is 20.6. The van der Waals surface area contributed by atoms with Gasteiger partial charge in [0.25, 0.3) is 11.8 Å². The lowest BCUT2D eigenvalue weighted by Gasteiger charge is -2.11. The van der Waals surface area contributed by atoms with Crippen LogP contribution < -0.4 is 20.1 Å². The van der Waals surface area contributed by atoms with Crippen LogP contribution in [0.1, 0.15) is 26.5 Å². The SMILES string of the molecule is COc1ccc(NC(=O)c2cccc(C(=O)NCc3cccnc3)n2)c(OC)c1. The standard InChI is InChI=1S/C21H20N4O4/c1-28-15-8-9-16(19(11-15)29-2)25-21(27)18-7-3-6-17(24-18)20(26)23-13-14-5-4-10-22-12-14/h3-12H,13H2,1-2H3,(H,23,26)(H,25,27). The highest BCUT2D eigenvalue weighted by molar-refractivity contribution is 6.04. The van der Waals surface area contributed by atoms with Crippen molar-refractivity contribution in [2.24, 2.45) is 0 Å². The maximum absolute atomic E-state index is 12.6. The van der Waals surface area contributed by atoms with Gasteiger partial charge in [-0.3, -0.25) is 14.6 Å². The van der Waals surface area contributed by atoms with E-state index in [1.54, 1.807) is 55.9 Å². The Bertz CT molecular complexity index is 1010. The molecular weight excluding hydrogens is 372 g/mol. The summed E-state index contributed by atoms with van der Waals surface area (Å²) in [5, 5.41) is 5.49. The van der Waals surface area contributed by atoms with Crippen molar-refractivity contribution < 1.29 is 19.1 Å². The molecule has 2 amide bonds. The fourth-order valence-corrected chi connectivity index (χ4v) is 2.55. The Balaban J connectivity index is 1.70. The predicted molar refractivity (Wildman–Crippen MR) is 107 cm³/mol. The molecule has 2 heterocycles. The molecule has 0 aliphatic carbocycles. The Morgan fingerprint density at radius 3 is 2.45 bits per heavy atom. The Kier molecular flexibility index (Phi) is 6.36. The molecule has 0 atom stereocenters. The van der Waals surface area contributed by atoms with Crippen molar-refractivity contribution in [3.05, 3.63) is 77.9 Å². The van der Waals surface area contributed by atoms with Crippen LogP contribution in [0.3, 0.4) is 0 Å². The van der Waals surface area contributed by atoms with E-state index >= 15 is 0 Å². The van der Waals surface area contributed by atoms with Crippen LogP contribution in [0.4, 0.5) is 5.69 Å². The number of hydrogen-bond acceptors (Lipinski definition) is 6. The average Bonchev–Trinajstić information content (AvgIpc) is 2.78. The molecule has 148 valence electrons. The molecule has 0 bridgehead atoms. The normalized spacial score (nSPS) is 10.1. The van der Waals surface area contributed by atoms with E-state index in [0.29, 0.717) is 23.7 Å². The lowest BCUT2D eigenvalue weighted by Crippen LogP contribution is -2.25. The van der Waals surface area contributed by atoms with Crippen molar-refractivity contribution in [1.82, 2.24) is 15.3 Å². The number of rotatable bonds is 7. The number of aromatic nitrogens is 2. The predicted octanol–water partition coefficient (Wildman–Crippen LogP) is 2.68. The summed E-state index contributed by atoms with van der Waals surface area (Å²) in [4.78, 5) is 33.1. The number of amides is 2. The van der Waals surface area contributed by atoms with E-state index < -0.39 is 5.91 Å². The molecule has 0 fully saturated rings. The molecule has 0 spiro atoms. The highest BCUT2D eigenvalue weighted by Gasteiger charge is 2.14. The van der Waals surface area contributed by atoms with Gasteiger partial charge in [-0.2, -0.15) is 0 Å². The van der Waals surface area contributed by atoms with Crippen molar-refractivity contribution in [3.63, 3.8) is 0 Å². The fourth-order valence-electron chi connectivity index (χ4n) is 2.55. The number of anilines is 1. The second kappa shape index (κ2) is 9.32. The third-order valence-corrected chi connectivity index (χ3v) is 4.05. The van der Waals surface area contributed by atoms with Crippen LogP contribution in [-0.4, -0.2) is 36.0 Å².